The van der Waals surface area contributed by atoms with Crippen molar-refractivity contribution in [3.05, 3.63) is 0 Å². The van der Waals surface area contributed by atoms with E-state index in [0.29, 0.717) is 17.6 Å². The molecule has 2 unspecified atom stereocenters. The van der Waals surface area contributed by atoms with Crippen molar-refractivity contribution in [1.29, 1.82) is 0 Å². The van der Waals surface area contributed by atoms with Crippen LogP contribution in [-0.4, -0.2) is 62.7 Å². The molecule has 0 bridgehead atoms. The fourth-order valence-corrected chi connectivity index (χ4v) is 3.35. The molecule has 1 spiro atoms. The van der Waals surface area contributed by atoms with Crippen LogP contribution in [0, 0.1) is 5.41 Å². The van der Waals surface area contributed by atoms with Crippen LogP contribution in [0.4, 0.5) is 0 Å². The second kappa shape index (κ2) is 5.08. The third-order valence-corrected chi connectivity index (χ3v) is 4.47. The molecule has 2 fully saturated rings. The Hall–Kier alpha value is -0.770. The van der Waals surface area contributed by atoms with Crippen LogP contribution in [0.1, 0.15) is 32.6 Å². The van der Waals surface area contributed by atoms with Crippen LogP contribution in [0.2, 0.25) is 0 Å². The minimum Gasteiger partial charge on any atom is -0.378 e. The lowest BCUT2D eigenvalue weighted by atomic mass is 9.51. The van der Waals surface area contributed by atoms with E-state index in [0.717, 1.165) is 19.0 Å². The summed E-state index contributed by atoms with van der Waals surface area (Å²) in [5.74, 6) is 1.07. The highest BCUT2D eigenvalue weighted by Crippen LogP contribution is 2.58. The van der Waals surface area contributed by atoms with Gasteiger partial charge in [-0.25, -0.2) is 4.99 Å². The average Bonchev–Trinajstić information content (AvgIpc) is 2.18. The Morgan fingerprint density at radius 3 is 2.22 bits per heavy atom. The molecule has 0 aliphatic heterocycles. The first kappa shape index (κ1) is 13.7. The van der Waals surface area contributed by atoms with E-state index in [1.54, 1.807) is 0 Å². The van der Waals surface area contributed by atoms with E-state index in [4.69, 9.17) is 9.73 Å². The summed E-state index contributed by atoms with van der Waals surface area (Å²) in [6, 6.07) is 0.461. The molecule has 0 aromatic rings. The molecule has 0 saturated heterocycles. The molecule has 4 nitrogen and oxygen atoms in total. The molecule has 0 aromatic carbocycles. The van der Waals surface area contributed by atoms with Crippen LogP contribution in [0.25, 0.3) is 0 Å². The largest absolute Gasteiger partial charge is 0.378 e. The van der Waals surface area contributed by atoms with Gasteiger partial charge < -0.3 is 14.5 Å². The van der Waals surface area contributed by atoms with Gasteiger partial charge in [0, 0.05) is 40.2 Å². The number of ether oxygens (including phenoxy) is 1. The summed E-state index contributed by atoms with van der Waals surface area (Å²) in [5.41, 5.74) is 0.368. The Kier molecular flexibility index (Phi) is 3.85. The number of hydrogen-bond donors (Lipinski definition) is 0. The van der Waals surface area contributed by atoms with Crippen molar-refractivity contribution in [2.45, 2.75) is 44.8 Å². The fourth-order valence-electron chi connectivity index (χ4n) is 3.35. The lowest BCUT2D eigenvalue weighted by Crippen LogP contribution is -2.61. The highest BCUT2D eigenvalue weighted by molar-refractivity contribution is 5.79. The van der Waals surface area contributed by atoms with Gasteiger partial charge in [-0.3, -0.25) is 0 Å². The van der Waals surface area contributed by atoms with Gasteiger partial charge in [-0.05, 0) is 26.2 Å². The monoisotopic (exact) mass is 253 g/mol. The summed E-state index contributed by atoms with van der Waals surface area (Å²) >= 11 is 0. The zero-order valence-corrected chi connectivity index (χ0v) is 12.4. The average molecular weight is 253 g/mol. The standard InChI is InChI=1S/C14H27N3O/c1-6-18-12-10-11(14(12)8-7-9-14)15-13(16(2)3)17(4)5/h11-12H,6-10H2,1-5H3. The summed E-state index contributed by atoms with van der Waals surface area (Å²) in [4.78, 5) is 9.17. The predicted molar refractivity (Wildman–Crippen MR) is 74.9 cm³/mol. The molecule has 2 aliphatic carbocycles. The second-order valence-electron chi connectivity index (χ2n) is 6.00. The van der Waals surface area contributed by atoms with E-state index in [1.807, 2.05) is 0 Å². The zero-order valence-electron chi connectivity index (χ0n) is 12.4. The van der Waals surface area contributed by atoms with Gasteiger partial charge in [0.15, 0.2) is 5.96 Å². The lowest BCUT2D eigenvalue weighted by molar-refractivity contribution is -0.162. The Morgan fingerprint density at radius 2 is 1.83 bits per heavy atom. The molecule has 2 aliphatic rings. The highest BCUT2D eigenvalue weighted by atomic mass is 16.5. The summed E-state index contributed by atoms with van der Waals surface area (Å²) in [6.45, 7) is 2.92. The van der Waals surface area contributed by atoms with E-state index in [1.165, 1.54) is 19.3 Å². The van der Waals surface area contributed by atoms with Crippen molar-refractivity contribution in [1.82, 2.24) is 9.80 Å². The molecule has 2 atom stereocenters. The molecule has 2 rings (SSSR count). The third-order valence-electron chi connectivity index (χ3n) is 4.47. The van der Waals surface area contributed by atoms with Gasteiger partial charge in [0.25, 0.3) is 0 Å². The minimum absolute atomic E-state index is 0.368. The van der Waals surface area contributed by atoms with Gasteiger partial charge in [0.2, 0.25) is 0 Å². The van der Waals surface area contributed by atoms with Crippen LogP contribution < -0.4 is 0 Å². The quantitative estimate of drug-likeness (QED) is 0.567. The fraction of sp³-hybridized carbons (Fsp3) is 0.929. The first-order chi connectivity index (χ1) is 8.51. The summed E-state index contributed by atoms with van der Waals surface area (Å²) in [6.07, 6.45) is 5.48. The van der Waals surface area contributed by atoms with Gasteiger partial charge in [0.05, 0.1) is 12.1 Å². The molecule has 0 N–H and O–H groups in total. The van der Waals surface area contributed by atoms with Crippen molar-refractivity contribution in [2.24, 2.45) is 10.4 Å². The van der Waals surface area contributed by atoms with Crippen molar-refractivity contribution < 1.29 is 4.74 Å². The van der Waals surface area contributed by atoms with Crippen molar-refractivity contribution in [3.63, 3.8) is 0 Å². The minimum atomic E-state index is 0.368. The Bertz CT molecular complexity index is 311. The number of aliphatic imine (C=N–C) groups is 1. The van der Waals surface area contributed by atoms with E-state index < -0.39 is 0 Å². The van der Waals surface area contributed by atoms with E-state index in [-0.39, 0.29) is 0 Å². The molecule has 0 heterocycles. The van der Waals surface area contributed by atoms with E-state index in [9.17, 15) is 0 Å². The Labute approximate surface area is 111 Å². The predicted octanol–water partition coefficient (Wildman–Crippen LogP) is 1.81. The number of rotatable bonds is 3. The van der Waals surface area contributed by atoms with Crippen LogP contribution in [0.3, 0.4) is 0 Å². The SMILES string of the molecule is CCOC1CC(N=C(N(C)C)N(C)C)C12CCC2. The highest BCUT2D eigenvalue weighted by Gasteiger charge is 2.59. The van der Waals surface area contributed by atoms with Crippen LogP contribution in [0.5, 0.6) is 0 Å². The van der Waals surface area contributed by atoms with E-state index in [2.05, 4.69) is 44.9 Å². The molecular formula is C14H27N3O. The van der Waals surface area contributed by atoms with Crippen LogP contribution in [-0.2, 0) is 4.74 Å². The topological polar surface area (TPSA) is 28.1 Å². The van der Waals surface area contributed by atoms with Gasteiger partial charge >= 0.3 is 0 Å². The van der Waals surface area contributed by atoms with Gasteiger partial charge in [-0.2, -0.15) is 0 Å². The summed E-state index contributed by atoms with van der Waals surface area (Å²) in [5, 5.41) is 0. The number of hydrogen-bond acceptors (Lipinski definition) is 2. The Balaban J connectivity index is 2.08. The molecule has 18 heavy (non-hydrogen) atoms. The third kappa shape index (κ3) is 2.11. The molecular weight excluding hydrogens is 226 g/mol. The zero-order chi connectivity index (χ0) is 13.3. The van der Waals surface area contributed by atoms with Crippen molar-refractivity contribution in [2.75, 3.05) is 34.8 Å². The maximum absolute atomic E-state index is 5.87. The maximum Gasteiger partial charge on any atom is 0.195 e. The molecule has 0 aromatic heterocycles. The molecule has 0 radical (unpaired) electrons. The number of nitrogens with zero attached hydrogens (tertiary/aromatic N) is 3. The maximum atomic E-state index is 5.87. The van der Waals surface area contributed by atoms with Crippen LogP contribution in [0.15, 0.2) is 4.99 Å². The van der Waals surface area contributed by atoms with Crippen molar-refractivity contribution in [3.8, 4) is 0 Å². The summed E-state index contributed by atoms with van der Waals surface area (Å²) in [7, 11) is 8.24. The molecule has 0 amide bonds. The van der Waals surface area contributed by atoms with E-state index >= 15 is 0 Å². The van der Waals surface area contributed by atoms with Crippen LogP contribution >= 0.6 is 0 Å². The number of guanidine groups is 1. The molecule has 104 valence electrons. The van der Waals surface area contributed by atoms with Gasteiger partial charge in [-0.1, -0.05) is 6.42 Å². The molecule has 4 heteroatoms. The first-order valence-electron chi connectivity index (χ1n) is 7.05. The normalized spacial score (nSPS) is 28.3. The lowest BCUT2D eigenvalue weighted by Gasteiger charge is -2.59. The van der Waals surface area contributed by atoms with Gasteiger partial charge in [-0.15, -0.1) is 0 Å². The molecule has 2 saturated carbocycles. The smallest absolute Gasteiger partial charge is 0.195 e. The first-order valence-corrected chi connectivity index (χ1v) is 7.05. The van der Waals surface area contributed by atoms with Crippen molar-refractivity contribution >= 4 is 5.96 Å². The van der Waals surface area contributed by atoms with Gasteiger partial charge in [0.1, 0.15) is 0 Å². The summed E-state index contributed by atoms with van der Waals surface area (Å²) < 4.78 is 5.87. The second-order valence-corrected chi connectivity index (χ2v) is 6.00. The Morgan fingerprint density at radius 1 is 1.22 bits per heavy atom.